The Bertz CT molecular complexity index is 515. The van der Waals surface area contributed by atoms with Crippen molar-refractivity contribution in [3.63, 3.8) is 0 Å². The van der Waals surface area contributed by atoms with Crippen LogP contribution in [0.25, 0.3) is 0 Å². The molecule has 0 bridgehead atoms. The van der Waals surface area contributed by atoms with Gasteiger partial charge in [0.05, 0.1) is 0 Å². The Morgan fingerprint density at radius 3 is 2.64 bits per heavy atom. The van der Waals surface area contributed by atoms with Gasteiger partial charge in [-0.1, -0.05) is 13.8 Å². The minimum absolute atomic E-state index is 0.0381. The third-order valence-electron chi connectivity index (χ3n) is 4.22. The molecule has 1 aliphatic rings. The Labute approximate surface area is 141 Å². The SMILES string of the molecule is CCN(CC)C(C)CNC(=O)c1cc(Br)nc(N2CCC2)c1. The lowest BCUT2D eigenvalue weighted by Gasteiger charge is -2.32. The maximum Gasteiger partial charge on any atom is 0.251 e. The number of likely N-dealkylation sites (N-methyl/N-ethyl adjacent to an activating group) is 1. The van der Waals surface area contributed by atoms with Crippen molar-refractivity contribution in [1.29, 1.82) is 0 Å². The fourth-order valence-corrected chi connectivity index (χ4v) is 3.07. The molecule has 2 heterocycles. The first-order valence-corrected chi connectivity index (χ1v) is 8.79. The Hall–Kier alpha value is -1.14. The summed E-state index contributed by atoms with van der Waals surface area (Å²) in [4.78, 5) is 21.3. The molecular weight excluding hydrogens is 344 g/mol. The highest BCUT2D eigenvalue weighted by Gasteiger charge is 2.19. The first kappa shape index (κ1) is 17.2. The fourth-order valence-electron chi connectivity index (χ4n) is 2.64. The lowest BCUT2D eigenvalue weighted by molar-refractivity contribution is 0.0938. The van der Waals surface area contributed by atoms with E-state index in [4.69, 9.17) is 0 Å². The van der Waals surface area contributed by atoms with Crippen LogP contribution in [0.15, 0.2) is 16.7 Å². The number of aromatic nitrogens is 1. The second-order valence-electron chi connectivity index (χ2n) is 5.66. The summed E-state index contributed by atoms with van der Waals surface area (Å²) in [5.41, 5.74) is 0.663. The molecular formula is C16H25BrN4O. The molecule has 0 aromatic carbocycles. The summed E-state index contributed by atoms with van der Waals surface area (Å²) in [5.74, 6) is 0.839. The van der Waals surface area contributed by atoms with E-state index in [0.29, 0.717) is 22.8 Å². The van der Waals surface area contributed by atoms with E-state index < -0.39 is 0 Å². The summed E-state index contributed by atoms with van der Waals surface area (Å²) in [5, 5.41) is 3.03. The first-order valence-electron chi connectivity index (χ1n) is 8.00. The molecule has 2 rings (SSSR count). The number of amides is 1. The van der Waals surface area contributed by atoms with E-state index in [1.165, 1.54) is 6.42 Å². The van der Waals surface area contributed by atoms with Gasteiger partial charge in [0, 0.05) is 31.2 Å². The zero-order valence-electron chi connectivity index (χ0n) is 13.6. The van der Waals surface area contributed by atoms with Crippen LogP contribution in [-0.4, -0.2) is 54.6 Å². The summed E-state index contributed by atoms with van der Waals surface area (Å²) in [7, 11) is 0. The zero-order valence-corrected chi connectivity index (χ0v) is 15.2. The predicted molar refractivity (Wildman–Crippen MR) is 93.5 cm³/mol. The lowest BCUT2D eigenvalue weighted by atomic mass is 10.2. The van der Waals surface area contributed by atoms with Crippen LogP contribution in [-0.2, 0) is 0 Å². The van der Waals surface area contributed by atoms with Gasteiger partial charge in [-0.25, -0.2) is 4.98 Å². The highest BCUT2D eigenvalue weighted by Crippen LogP contribution is 2.22. The number of halogens is 1. The summed E-state index contributed by atoms with van der Waals surface area (Å²) in [6.45, 7) is 11.1. The average molecular weight is 369 g/mol. The lowest BCUT2D eigenvalue weighted by Crippen LogP contribution is -2.42. The van der Waals surface area contributed by atoms with Crippen molar-refractivity contribution in [3.8, 4) is 0 Å². The Morgan fingerprint density at radius 2 is 2.09 bits per heavy atom. The van der Waals surface area contributed by atoms with Crippen molar-refractivity contribution < 1.29 is 4.79 Å². The molecule has 1 aromatic heterocycles. The van der Waals surface area contributed by atoms with Gasteiger partial charge in [0.25, 0.3) is 5.91 Å². The van der Waals surface area contributed by atoms with Crippen molar-refractivity contribution >= 4 is 27.7 Å². The average Bonchev–Trinajstić information content (AvgIpc) is 2.43. The molecule has 22 heavy (non-hydrogen) atoms. The molecule has 122 valence electrons. The largest absolute Gasteiger partial charge is 0.356 e. The van der Waals surface area contributed by atoms with Crippen molar-refractivity contribution in [1.82, 2.24) is 15.2 Å². The molecule has 0 saturated carbocycles. The van der Waals surface area contributed by atoms with Gasteiger partial charge in [0.1, 0.15) is 10.4 Å². The summed E-state index contributed by atoms with van der Waals surface area (Å²) >= 11 is 3.40. The van der Waals surface area contributed by atoms with Crippen LogP contribution in [0, 0.1) is 0 Å². The summed E-state index contributed by atoms with van der Waals surface area (Å²) < 4.78 is 0.707. The minimum Gasteiger partial charge on any atom is -0.356 e. The van der Waals surface area contributed by atoms with Crippen molar-refractivity contribution in [3.05, 3.63) is 22.3 Å². The van der Waals surface area contributed by atoms with Crippen LogP contribution >= 0.6 is 15.9 Å². The van der Waals surface area contributed by atoms with E-state index in [1.54, 1.807) is 6.07 Å². The quantitative estimate of drug-likeness (QED) is 0.751. The number of hydrogen-bond acceptors (Lipinski definition) is 4. The molecule has 1 fully saturated rings. The van der Waals surface area contributed by atoms with Crippen molar-refractivity contribution in [2.24, 2.45) is 0 Å². The van der Waals surface area contributed by atoms with E-state index in [9.17, 15) is 4.79 Å². The van der Waals surface area contributed by atoms with Crippen LogP contribution in [0.4, 0.5) is 5.82 Å². The standard InChI is InChI=1S/C16H25BrN4O/c1-4-20(5-2)12(3)11-18-16(22)13-9-14(17)19-15(10-13)21-7-6-8-21/h9-10,12H,4-8,11H2,1-3H3,(H,18,22). The monoisotopic (exact) mass is 368 g/mol. The molecule has 6 heteroatoms. The van der Waals surface area contributed by atoms with Gasteiger partial charge >= 0.3 is 0 Å². The van der Waals surface area contributed by atoms with E-state index in [0.717, 1.165) is 32.0 Å². The topological polar surface area (TPSA) is 48.5 Å². The molecule has 0 spiro atoms. The molecule has 1 saturated heterocycles. The number of carbonyl (C=O) groups is 1. The van der Waals surface area contributed by atoms with Gasteiger partial charge in [-0.2, -0.15) is 0 Å². The number of anilines is 1. The third kappa shape index (κ3) is 4.20. The highest BCUT2D eigenvalue weighted by molar-refractivity contribution is 9.10. The number of nitrogens with one attached hydrogen (secondary N) is 1. The first-order chi connectivity index (χ1) is 10.5. The molecule has 0 aliphatic carbocycles. The van der Waals surface area contributed by atoms with Gasteiger partial charge in [0.2, 0.25) is 0 Å². The van der Waals surface area contributed by atoms with E-state index in [2.05, 4.69) is 56.8 Å². The number of pyridine rings is 1. The normalized spacial score (nSPS) is 15.6. The number of carbonyl (C=O) groups excluding carboxylic acids is 1. The Balaban J connectivity index is 1.98. The minimum atomic E-state index is -0.0381. The van der Waals surface area contributed by atoms with Crippen molar-refractivity contribution in [2.75, 3.05) is 37.6 Å². The molecule has 1 aliphatic heterocycles. The van der Waals surface area contributed by atoms with Crippen LogP contribution < -0.4 is 10.2 Å². The molecule has 1 N–H and O–H groups in total. The Morgan fingerprint density at radius 1 is 1.41 bits per heavy atom. The van der Waals surface area contributed by atoms with Crippen molar-refractivity contribution in [2.45, 2.75) is 33.2 Å². The third-order valence-corrected chi connectivity index (χ3v) is 4.62. The van der Waals surface area contributed by atoms with Gasteiger partial charge in [-0.05, 0) is 54.5 Å². The van der Waals surface area contributed by atoms with Crippen LogP contribution in [0.5, 0.6) is 0 Å². The van der Waals surface area contributed by atoms with Gasteiger partial charge in [0.15, 0.2) is 0 Å². The maximum absolute atomic E-state index is 12.4. The fraction of sp³-hybridized carbons (Fsp3) is 0.625. The smallest absolute Gasteiger partial charge is 0.251 e. The Kier molecular flexibility index (Phi) is 6.20. The van der Waals surface area contributed by atoms with E-state index >= 15 is 0 Å². The summed E-state index contributed by atoms with van der Waals surface area (Å²) in [6, 6.07) is 3.99. The predicted octanol–water partition coefficient (Wildman–Crippen LogP) is 2.51. The molecule has 5 nitrogen and oxygen atoms in total. The number of rotatable bonds is 7. The number of nitrogens with zero attached hydrogens (tertiary/aromatic N) is 3. The second-order valence-corrected chi connectivity index (χ2v) is 6.47. The van der Waals surface area contributed by atoms with Crippen LogP contribution in [0.3, 0.4) is 0 Å². The molecule has 1 aromatic rings. The van der Waals surface area contributed by atoms with Gasteiger partial charge in [-0.3, -0.25) is 9.69 Å². The molecule has 1 unspecified atom stereocenters. The summed E-state index contributed by atoms with van der Waals surface area (Å²) in [6.07, 6.45) is 1.19. The second kappa shape index (κ2) is 7.92. The maximum atomic E-state index is 12.4. The van der Waals surface area contributed by atoms with Gasteiger partial charge < -0.3 is 10.2 Å². The molecule has 1 amide bonds. The molecule has 0 radical (unpaired) electrons. The highest BCUT2D eigenvalue weighted by atomic mass is 79.9. The zero-order chi connectivity index (χ0) is 16.1. The van der Waals surface area contributed by atoms with E-state index in [1.807, 2.05) is 6.07 Å². The molecule has 1 atom stereocenters. The van der Waals surface area contributed by atoms with Crippen LogP contribution in [0.2, 0.25) is 0 Å². The van der Waals surface area contributed by atoms with Gasteiger partial charge in [-0.15, -0.1) is 0 Å². The number of hydrogen-bond donors (Lipinski definition) is 1. The van der Waals surface area contributed by atoms with E-state index in [-0.39, 0.29) is 5.91 Å². The van der Waals surface area contributed by atoms with Crippen LogP contribution in [0.1, 0.15) is 37.6 Å².